The Labute approximate surface area is 311 Å². The van der Waals surface area contributed by atoms with Crippen LogP contribution in [0.4, 0.5) is 0 Å². The zero-order chi connectivity index (χ0) is 35.6. The normalized spacial score (nSPS) is 18.3. The van der Waals surface area contributed by atoms with Gasteiger partial charge in [0.25, 0.3) is 0 Å². The van der Waals surface area contributed by atoms with Crippen molar-refractivity contribution in [3.05, 3.63) is 144 Å². The average Bonchev–Trinajstić information content (AvgIpc) is 3.63. The second kappa shape index (κ2) is 13.3. The summed E-state index contributed by atoms with van der Waals surface area (Å²) in [6, 6.07) is 30.7. The first-order valence-electron chi connectivity index (χ1n) is 19.3. The van der Waals surface area contributed by atoms with Crippen LogP contribution in [0.5, 0.6) is 0 Å². The molecule has 3 aliphatic carbocycles. The molecule has 1 heteroatoms. The third-order valence-electron chi connectivity index (χ3n) is 12.2. The maximum absolute atomic E-state index is 2.94. The Balaban J connectivity index is 1.61. The van der Waals surface area contributed by atoms with Gasteiger partial charge in [-0.15, -0.1) is 0 Å². The van der Waals surface area contributed by atoms with E-state index in [4.69, 9.17) is 0 Å². The summed E-state index contributed by atoms with van der Waals surface area (Å²) in [5, 5.41) is 0. The van der Waals surface area contributed by atoms with Gasteiger partial charge in [0.15, 0.2) is 0 Å². The molecule has 0 nitrogen and oxygen atoms in total. The van der Waals surface area contributed by atoms with Gasteiger partial charge in [0.1, 0.15) is 0 Å². The predicted octanol–water partition coefficient (Wildman–Crippen LogP) is 12.4. The molecule has 4 aromatic carbocycles. The fraction of sp³-hybridized carbons (Fsp3) is 0.408. The van der Waals surface area contributed by atoms with E-state index in [2.05, 4.69) is 160 Å². The molecule has 0 aliphatic heterocycles. The number of benzene rings is 4. The molecule has 50 heavy (non-hydrogen) atoms. The molecule has 3 aliphatic rings. The van der Waals surface area contributed by atoms with E-state index in [0.29, 0.717) is 11.3 Å². The van der Waals surface area contributed by atoms with Crippen LogP contribution in [0.25, 0.3) is 11.1 Å². The van der Waals surface area contributed by atoms with E-state index in [1.165, 1.54) is 76.6 Å². The number of hydrogen-bond donors (Lipinski definition) is 0. The summed E-state index contributed by atoms with van der Waals surface area (Å²) in [6.07, 6.45) is 13.3. The molecule has 0 heterocycles. The molecule has 0 spiro atoms. The van der Waals surface area contributed by atoms with E-state index in [-0.39, 0.29) is 10.8 Å². The van der Waals surface area contributed by atoms with Crippen LogP contribution >= 0.6 is 0 Å². The zero-order valence-electron chi connectivity index (χ0n) is 32.5. The van der Waals surface area contributed by atoms with Crippen molar-refractivity contribution in [1.29, 1.82) is 0 Å². The van der Waals surface area contributed by atoms with E-state index < -0.39 is 21.3 Å². The summed E-state index contributed by atoms with van der Waals surface area (Å²) < 4.78 is 5.13. The molecule has 1 saturated carbocycles. The van der Waals surface area contributed by atoms with Gasteiger partial charge in [0.2, 0.25) is 0 Å². The summed E-state index contributed by atoms with van der Waals surface area (Å²) in [4.78, 5) is 0. The molecule has 1 atom stereocenters. The van der Waals surface area contributed by atoms with Crippen LogP contribution in [0.1, 0.15) is 132 Å². The fourth-order valence-electron chi connectivity index (χ4n) is 9.62. The van der Waals surface area contributed by atoms with Gasteiger partial charge >= 0.3 is 313 Å². The molecule has 1 unspecified atom stereocenters. The first-order valence-corrected chi connectivity index (χ1v) is 23.0. The monoisotopic (exact) mass is 736 g/mol. The maximum atomic E-state index is 2.77. The third-order valence-corrected chi connectivity index (χ3v) is 20.7. The van der Waals surface area contributed by atoms with E-state index in [1.54, 1.807) is 26.5 Å². The molecule has 7 rings (SSSR count). The van der Waals surface area contributed by atoms with Gasteiger partial charge in [-0.25, -0.2) is 0 Å². The molecular formula is C49H58Zr. The van der Waals surface area contributed by atoms with Crippen LogP contribution in [-0.4, -0.2) is 3.21 Å². The van der Waals surface area contributed by atoms with Crippen molar-refractivity contribution in [3.8, 4) is 11.1 Å². The zero-order valence-corrected chi connectivity index (χ0v) is 34.9. The standard InChI is InChI=1S/C23H29.C13H19.C13H10.Zr/c1-14-9-16-11-17-10-15(2)21(23(6,7)8)13-19(17)18(16)12-20(14)22(3,4)5;1-11-6-7-12(10-11)13(2)8-4-3-5-9-13;1-3-7-12(8-4-1)11-13-9-5-2-6-10-13;/h9,12-13H,11H2,1-8H3;7,10-11H,3-5,8-9H2,1-2H3;1-10H;. The van der Waals surface area contributed by atoms with Crippen LogP contribution in [0.2, 0.25) is 0 Å². The Morgan fingerprint density at radius 3 is 1.84 bits per heavy atom. The molecule has 0 N–H and O–H groups in total. The van der Waals surface area contributed by atoms with Crippen LogP contribution in [0.15, 0.2) is 99.9 Å². The van der Waals surface area contributed by atoms with Gasteiger partial charge in [0, 0.05) is 0 Å². The van der Waals surface area contributed by atoms with Crippen LogP contribution in [0.3, 0.4) is 0 Å². The molecule has 0 aromatic heterocycles. The molecule has 258 valence electrons. The summed E-state index contributed by atoms with van der Waals surface area (Å²) in [7, 11) is 0. The van der Waals surface area contributed by atoms with Gasteiger partial charge < -0.3 is 0 Å². The molecule has 0 amide bonds. The van der Waals surface area contributed by atoms with E-state index in [1.807, 2.05) is 0 Å². The van der Waals surface area contributed by atoms with Crippen LogP contribution in [-0.2, 0) is 38.5 Å². The number of fused-ring (bicyclic) bond motifs is 3. The third kappa shape index (κ3) is 6.40. The van der Waals surface area contributed by atoms with Gasteiger partial charge in [-0.3, -0.25) is 0 Å². The summed E-state index contributed by atoms with van der Waals surface area (Å²) in [6.45, 7) is 24.3. The Bertz CT molecular complexity index is 1990. The van der Waals surface area contributed by atoms with Crippen molar-refractivity contribution in [2.24, 2.45) is 11.3 Å². The minimum absolute atomic E-state index is 0.0384. The molecule has 1 fully saturated rings. The molecule has 0 saturated heterocycles. The second-order valence-corrected chi connectivity index (χ2v) is 23.8. The topological polar surface area (TPSA) is 0 Å². The summed E-state index contributed by atoms with van der Waals surface area (Å²) >= 11 is -2.94. The van der Waals surface area contributed by atoms with Gasteiger partial charge in [0.05, 0.1) is 0 Å². The number of aryl methyl sites for hydroxylation is 1. The van der Waals surface area contributed by atoms with Crippen LogP contribution in [0, 0.1) is 25.2 Å². The van der Waals surface area contributed by atoms with Crippen molar-refractivity contribution < 1.29 is 21.3 Å². The van der Waals surface area contributed by atoms with Crippen molar-refractivity contribution in [1.82, 2.24) is 0 Å². The number of hydrogen-bond acceptors (Lipinski definition) is 0. The molecule has 4 aromatic rings. The minimum atomic E-state index is -2.94. The fourth-order valence-corrected chi connectivity index (χ4v) is 18.5. The number of rotatable bonds is 5. The average molecular weight is 738 g/mol. The summed E-state index contributed by atoms with van der Waals surface area (Å²) in [5.41, 5.74) is 17.0. The summed E-state index contributed by atoms with van der Waals surface area (Å²) in [5.74, 6) is 0.451. The van der Waals surface area contributed by atoms with Crippen LogP contribution < -0.4 is 3.27 Å². The van der Waals surface area contributed by atoms with E-state index >= 15 is 0 Å². The quantitative estimate of drug-likeness (QED) is 0.168. The van der Waals surface area contributed by atoms with Gasteiger partial charge in [-0.2, -0.15) is 0 Å². The van der Waals surface area contributed by atoms with Crippen molar-refractivity contribution in [3.63, 3.8) is 0 Å². The molecule has 0 radical (unpaired) electrons. The second-order valence-electron chi connectivity index (χ2n) is 18.1. The Hall–Kier alpha value is -2.89. The first-order chi connectivity index (χ1) is 23.7. The predicted molar refractivity (Wildman–Crippen MR) is 214 cm³/mol. The number of allylic oxidation sites excluding steroid dienone is 4. The SMILES string of the molecule is Cc1cc2c(cc1C(C)(C)C)-c1cc(C(C)(C)C)c(C)[c]([Zr]([C]3=CC(C4(C)CCCCC4)=CC3C)=[C](c3ccccc3)c3ccccc3)c1C2. The molecule has 0 bridgehead atoms. The van der Waals surface area contributed by atoms with E-state index in [9.17, 15) is 0 Å². The van der Waals surface area contributed by atoms with Gasteiger partial charge in [-0.05, 0) is 0 Å². The van der Waals surface area contributed by atoms with E-state index in [0.717, 1.165) is 6.42 Å². The van der Waals surface area contributed by atoms with Crippen molar-refractivity contribution in [2.45, 2.75) is 119 Å². The first kappa shape index (κ1) is 35.5. The molecular weight excluding hydrogens is 680 g/mol. The van der Waals surface area contributed by atoms with Crippen molar-refractivity contribution >= 4 is 6.48 Å². The van der Waals surface area contributed by atoms with Crippen molar-refractivity contribution in [2.75, 3.05) is 0 Å². The Kier molecular flexibility index (Phi) is 9.42. The Morgan fingerprint density at radius 2 is 1.28 bits per heavy atom. The van der Waals surface area contributed by atoms with Gasteiger partial charge in [-0.1, -0.05) is 0 Å². The Morgan fingerprint density at radius 1 is 0.720 bits per heavy atom.